The summed E-state index contributed by atoms with van der Waals surface area (Å²) in [5.41, 5.74) is 3.03. The van der Waals surface area contributed by atoms with E-state index in [-0.39, 0.29) is 11.9 Å². The molecule has 1 amide bonds. The van der Waals surface area contributed by atoms with E-state index < -0.39 is 16.1 Å². The average Bonchev–Trinajstić information content (AvgIpc) is 2.62. The summed E-state index contributed by atoms with van der Waals surface area (Å²) < 4.78 is 25.3. The van der Waals surface area contributed by atoms with Crippen LogP contribution in [0.15, 0.2) is 54.6 Å². The first-order valence-corrected chi connectivity index (χ1v) is 10.6. The third-order valence-electron chi connectivity index (χ3n) is 4.94. The number of hydrogen-bond acceptors (Lipinski definition) is 3. The van der Waals surface area contributed by atoms with Crippen molar-refractivity contribution in [3.63, 3.8) is 0 Å². The number of sulfonamides is 1. The number of nitrogens with zero attached hydrogens (tertiary/aromatic N) is 1. The summed E-state index contributed by atoms with van der Waals surface area (Å²) in [6.45, 7) is 0. The molecule has 0 unspecified atom stereocenters. The predicted molar refractivity (Wildman–Crippen MR) is 102 cm³/mol. The molecule has 2 aromatic rings. The first kappa shape index (κ1) is 18.6. The van der Waals surface area contributed by atoms with E-state index in [9.17, 15) is 13.2 Å². The molecule has 2 aromatic carbocycles. The van der Waals surface area contributed by atoms with Crippen LogP contribution in [0, 0.1) is 0 Å². The summed E-state index contributed by atoms with van der Waals surface area (Å²) in [4.78, 5) is 13.1. The van der Waals surface area contributed by atoms with Gasteiger partial charge in [0.15, 0.2) is 0 Å². The standard InChI is InChI=1S/C20H24N2O3S/c1-22(26(2,24)25)19(16-10-4-3-5-11-16)20(23)21-18-14-8-12-15-9-6-7-13-17(15)18/h3-7,9-11,13,18-19H,8,12,14H2,1-2H3,(H,21,23)/t18-,19-/m1/s1. The van der Waals surface area contributed by atoms with Gasteiger partial charge in [0.1, 0.15) is 6.04 Å². The molecule has 0 radical (unpaired) electrons. The smallest absolute Gasteiger partial charge is 0.243 e. The Morgan fingerprint density at radius 1 is 1.12 bits per heavy atom. The molecular formula is C20H24N2O3S. The zero-order chi connectivity index (χ0) is 18.7. The number of likely N-dealkylation sites (N-methyl/N-ethyl adjacent to an activating group) is 1. The monoisotopic (exact) mass is 372 g/mol. The van der Waals surface area contributed by atoms with Crippen molar-refractivity contribution in [3.8, 4) is 0 Å². The molecule has 0 fully saturated rings. The lowest BCUT2D eigenvalue weighted by molar-refractivity contribution is -0.125. The summed E-state index contributed by atoms with van der Waals surface area (Å²) in [6, 6.07) is 16.1. The van der Waals surface area contributed by atoms with Gasteiger partial charge in [-0.05, 0) is 36.0 Å². The van der Waals surface area contributed by atoms with Gasteiger partial charge in [-0.25, -0.2) is 8.42 Å². The maximum absolute atomic E-state index is 13.1. The molecule has 0 bridgehead atoms. The predicted octanol–water partition coefficient (Wildman–Crippen LogP) is 2.81. The third-order valence-corrected chi connectivity index (χ3v) is 6.19. The first-order valence-electron chi connectivity index (χ1n) is 8.74. The summed E-state index contributed by atoms with van der Waals surface area (Å²) in [5, 5.41) is 3.08. The number of benzene rings is 2. The molecule has 0 aliphatic heterocycles. The van der Waals surface area contributed by atoms with Crippen molar-refractivity contribution in [2.75, 3.05) is 13.3 Å². The number of nitrogens with one attached hydrogen (secondary N) is 1. The molecule has 1 N–H and O–H groups in total. The van der Waals surface area contributed by atoms with Crippen LogP contribution in [0.4, 0.5) is 0 Å². The topological polar surface area (TPSA) is 66.5 Å². The Bertz CT molecular complexity index is 881. The summed E-state index contributed by atoms with van der Waals surface area (Å²) in [7, 11) is -2.08. The lowest BCUT2D eigenvalue weighted by Gasteiger charge is -2.31. The zero-order valence-corrected chi connectivity index (χ0v) is 15.9. The average molecular weight is 372 g/mol. The van der Waals surface area contributed by atoms with Gasteiger partial charge in [-0.2, -0.15) is 4.31 Å². The number of aryl methyl sites for hydroxylation is 1. The van der Waals surface area contributed by atoms with E-state index in [1.165, 1.54) is 12.6 Å². The van der Waals surface area contributed by atoms with Gasteiger partial charge in [-0.3, -0.25) is 4.79 Å². The van der Waals surface area contributed by atoms with Gasteiger partial charge in [0.05, 0.1) is 12.3 Å². The van der Waals surface area contributed by atoms with Crippen molar-refractivity contribution in [1.82, 2.24) is 9.62 Å². The fraction of sp³-hybridized carbons (Fsp3) is 0.350. The molecule has 2 atom stereocenters. The van der Waals surface area contributed by atoms with E-state index in [0.717, 1.165) is 35.4 Å². The molecule has 0 saturated carbocycles. The number of fused-ring (bicyclic) bond motifs is 1. The number of amides is 1. The fourth-order valence-corrected chi connectivity index (χ4v) is 4.11. The number of hydrogen-bond donors (Lipinski definition) is 1. The van der Waals surface area contributed by atoms with E-state index in [1.807, 2.05) is 36.4 Å². The SMILES string of the molecule is CN([C@@H](C(=O)N[C@@H]1CCCc2ccccc21)c1ccccc1)S(C)(=O)=O. The highest BCUT2D eigenvalue weighted by Gasteiger charge is 2.32. The quantitative estimate of drug-likeness (QED) is 0.878. The second kappa shape index (κ2) is 7.60. The van der Waals surface area contributed by atoms with Gasteiger partial charge in [-0.1, -0.05) is 54.6 Å². The Morgan fingerprint density at radius 3 is 2.46 bits per heavy atom. The van der Waals surface area contributed by atoms with Crippen LogP contribution in [-0.4, -0.2) is 31.9 Å². The molecule has 0 spiro atoms. The maximum Gasteiger partial charge on any atom is 0.243 e. The van der Waals surface area contributed by atoms with Crippen molar-refractivity contribution >= 4 is 15.9 Å². The van der Waals surface area contributed by atoms with Gasteiger partial charge in [0, 0.05) is 7.05 Å². The van der Waals surface area contributed by atoms with Crippen molar-refractivity contribution < 1.29 is 13.2 Å². The second-order valence-corrected chi connectivity index (χ2v) is 8.79. The second-order valence-electron chi connectivity index (χ2n) is 6.74. The van der Waals surface area contributed by atoms with Gasteiger partial charge in [0.2, 0.25) is 15.9 Å². The molecule has 1 aliphatic carbocycles. The van der Waals surface area contributed by atoms with Gasteiger partial charge < -0.3 is 5.32 Å². The number of carbonyl (C=O) groups excluding carboxylic acids is 1. The minimum atomic E-state index is -3.52. The van der Waals surface area contributed by atoms with Crippen LogP contribution >= 0.6 is 0 Å². The zero-order valence-electron chi connectivity index (χ0n) is 15.1. The van der Waals surface area contributed by atoms with Crippen LogP contribution in [0.5, 0.6) is 0 Å². The highest BCUT2D eigenvalue weighted by molar-refractivity contribution is 7.88. The van der Waals surface area contributed by atoms with Crippen molar-refractivity contribution in [2.24, 2.45) is 0 Å². The summed E-state index contributed by atoms with van der Waals surface area (Å²) in [6.07, 6.45) is 3.98. The van der Waals surface area contributed by atoms with Crippen molar-refractivity contribution in [1.29, 1.82) is 0 Å². The van der Waals surface area contributed by atoms with Crippen LogP contribution in [0.3, 0.4) is 0 Å². The Hall–Kier alpha value is -2.18. The van der Waals surface area contributed by atoms with E-state index in [4.69, 9.17) is 0 Å². The normalized spacial score (nSPS) is 18.2. The summed E-state index contributed by atoms with van der Waals surface area (Å²) >= 11 is 0. The third kappa shape index (κ3) is 3.97. The van der Waals surface area contributed by atoms with Gasteiger partial charge in [0.25, 0.3) is 0 Å². The number of rotatable bonds is 5. The molecule has 3 rings (SSSR count). The van der Waals surface area contributed by atoms with Crippen LogP contribution in [0.1, 0.15) is 41.6 Å². The van der Waals surface area contributed by atoms with E-state index in [0.29, 0.717) is 5.56 Å². The van der Waals surface area contributed by atoms with Crippen LogP contribution in [0.25, 0.3) is 0 Å². The highest BCUT2D eigenvalue weighted by atomic mass is 32.2. The molecule has 138 valence electrons. The largest absolute Gasteiger partial charge is 0.348 e. The molecule has 0 saturated heterocycles. The van der Waals surface area contributed by atoms with Crippen LogP contribution in [-0.2, 0) is 21.2 Å². The van der Waals surface area contributed by atoms with E-state index in [2.05, 4.69) is 11.4 Å². The molecule has 26 heavy (non-hydrogen) atoms. The summed E-state index contributed by atoms with van der Waals surface area (Å²) in [5.74, 6) is -0.300. The molecule has 6 heteroatoms. The van der Waals surface area contributed by atoms with E-state index in [1.54, 1.807) is 12.1 Å². The van der Waals surface area contributed by atoms with Gasteiger partial charge >= 0.3 is 0 Å². The molecule has 0 heterocycles. The van der Waals surface area contributed by atoms with Crippen molar-refractivity contribution in [2.45, 2.75) is 31.3 Å². The van der Waals surface area contributed by atoms with Crippen LogP contribution < -0.4 is 5.32 Å². The van der Waals surface area contributed by atoms with E-state index >= 15 is 0 Å². The maximum atomic E-state index is 13.1. The fourth-order valence-electron chi connectivity index (χ4n) is 3.51. The lowest BCUT2D eigenvalue weighted by Crippen LogP contribution is -2.43. The molecule has 1 aliphatic rings. The lowest BCUT2D eigenvalue weighted by atomic mass is 9.87. The Kier molecular flexibility index (Phi) is 5.44. The minimum Gasteiger partial charge on any atom is -0.348 e. The Labute approximate surface area is 155 Å². The highest BCUT2D eigenvalue weighted by Crippen LogP contribution is 2.31. The molecular weight excluding hydrogens is 348 g/mol. The first-order chi connectivity index (χ1) is 12.4. The minimum absolute atomic E-state index is 0.0911. The van der Waals surface area contributed by atoms with Crippen molar-refractivity contribution in [3.05, 3.63) is 71.3 Å². The Morgan fingerprint density at radius 2 is 1.77 bits per heavy atom. The van der Waals surface area contributed by atoms with Gasteiger partial charge in [-0.15, -0.1) is 0 Å². The van der Waals surface area contributed by atoms with Crippen LogP contribution in [0.2, 0.25) is 0 Å². The Balaban J connectivity index is 1.90. The molecule has 5 nitrogen and oxygen atoms in total. The number of carbonyl (C=O) groups is 1. The molecule has 0 aromatic heterocycles.